The van der Waals surface area contributed by atoms with E-state index >= 15 is 0 Å². The maximum atomic E-state index is 12.8. The number of amides is 1. The van der Waals surface area contributed by atoms with E-state index in [0.29, 0.717) is 5.92 Å². The minimum absolute atomic E-state index is 0.0289. The fourth-order valence-corrected chi connectivity index (χ4v) is 2.98. The number of hydrogen-bond donors (Lipinski definition) is 1. The van der Waals surface area contributed by atoms with Crippen LogP contribution in [-0.4, -0.2) is 30.9 Å². The van der Waals surface area contributed by atoms with Gasteiger partial charge in [-0.3, -0.25) is 4.79 Å². The monoisotopic (exact) mass is 288 g/mol. The molecular weight excluding hydrogens is 260 g/mol. The first-order chi connectivity index (χ1) is 10.1. The van der Waals surface area contributed by atoms with Crippen LogP contribution < -0.4 is 5.32 Å². The topological polar surface area (TPSA) is 32.3 Å². The fourth-order valence-electron chi connectivity index (χ4n) is 2.98. The van der Waals surface area contributed by atoms with Gasteiger partial charge in [0.15, 0.2) is 0 Å². The lowest BCUT2D eigenvalue weighted by Gasteiger charge is -2.37. The van der Waals surface area contributed by atoms with Gasteiger partial charge >= 0.3 is 0 Å². The second kappa shape index (κ2) is 7.60. The molecule has 0 bridgehead atoms. The van der Waals surface area contributed by atoms with Crippen molar-refractivity contribution in [2.45, 2.75) is 39.2 Å². The zero-order valence-corrected chi connectivity index (χ0v) is 13.5. The summed E-state index contributed by atoms with van der Waals surface area (Å²) in [5.41, 5.74) is 1.22. The lowest BCUT2D eigenvalue weighted by molar-refractivity contribution is -0.138. The van der Waals surface area contributed by atoms with Gasteiger partial charge in [-0.25, -0.2) is 0 Å². The van der Waals surface area contributed by atoms with Gasteiger partial charge in [0.1, 0.15) is 0 Å². The molecule has 1 aliphatic rings. The molecule has 1 fully saturated rings. The summed E-state index contributed by atoms with van der Waals surface area (Å²) in [6, 6.07) is 10.5. The van der Waals surface area contributed by atoms with Crippen LogP contribution >= 0.6 is 0 Å². The van der Waals surface area contributed by atoms with Crippen LogP contribution in [0.2, 0.25) is 0 Å². The highest BCUT2D eigenvalue weighted by atomic mass is 16.2. The van der Waals surface area contributed by atoms with Gasteiger partial charge in [0.05, 0.1) is 6.04 Å². The quantitative estimate of drug-likeness (QED) is 0.835. The van der Waals surface area contributed by atoms with Crippen molar-refractivity contribution in [3.63, 3.8) is 0 Å². The Bertz CT molecular complexity index is 442. The van der Waals surface area contributed by atoms with Crippen LogP contribution in [-0.2, 0) is 4.79 Å². The second-order valence-electron chi connectivity index (χ2n) is 6.33. The van der Waals surface area contributed by atoms with E-state index in [0.717, 1.165) is 13.1 Å². The summed E-state index contributed by atoms with van der Waals surface area (Å²) >= 11 is 0. The summed E-state index contributed by atoms with van der Waals surface area (Å²) in [5.74, 6) is 0.996. The van der Waals surface area contributed by atoms with E-state index in [4.69, 9.17) is 0 Å². The molecule has 0 spiro atoms. The minimum Gasteiger partial charge on any atom is -0.335 e. The highest BCUT2D eigenvalue weighted by Gasteiger charge is 2.29. The molecule has 1 N–H and O–H groups in total. The second-order valence-corrected chi connectivity index (χ2v) is 6.33. The number of nitrogens with one attached hydrogen (secondary N) is 1. The Labute approximate surface area is 128 Å². The third-order valence-corrected chi connectivity index (χ3v) is 4.64. The number of hydrogen-bond acceptors (Lipinski definition) is 2. The van der Waals surface area contributed by atoms with Crippen LogP contribution in [0.15, 0.2) is 30.3 Å². The Morgan fingerprint density at radius 1 is 1.29 bits per heavy atom. The minimum atomic E-state index is 0.0289. The summed E-state index contributed by atoms with van der Waals surface area (Å²) in [7, 11) is 1.90. The van der Waals surface area contributed by atoms with Crippen LogP contribution in [0.25, 0.3) is 0 Å². The van der Waals surface area contributed by atoms with Crippen LogP contribution in [0.4, 0.5) is 0 Å². The molecule has 0 saturated heterocycles. The molecule has 3 nitrogen and oxygen atoms in total. The summed E-state index contributed by atoms with van der Waals surface area (Å²) in [5, 5.41) is 3.12. The first-order valence-electron chi connectivity index (χ1n) is 8.13. The molecule has 1 amide bonds. The number of rotatable bonds is 7. The number of nitrogens with zero attached hydrogens (tertiary/aromatic N) is 1. The Morgan fingerprint density at radius 3 is 2.48 bits per heavy atom. The van der Waals surface area contributed by atoms with Gasteiger partial charge in [-0.15, -0.1) is 0 Å². The van der Waals surface area contributed by atoms with E-state index < -0.39 is 0 Å². The zero-order valence-electron chi connectivity index (χ0n) is 13.5. The predicted molar refractivity (Wildman–Crippen MR) is 87.0 cm³/mol. The lowest BCUT2D eigenvalue weighted by Crippen LogP contribution is -2.43. The number of benzene rings is 1. The van der Waals surface area contributed by atoms with Crippen molar-refractivity contribution in [1.29, 1.82) is 0 Å². The Kier molecular flexibility index (Phi) is 5.80. The van der Waals surface area contributed by atoms with Crippen molar-refractivity contribution >= 4 is 5.91 Å². The van der Waals surface area contributed by atoms with E-state index in [1.807, 2.05) is 20.0 Å². The molecule has 2 atom stereocenters. The van der Waals surface area contributed by atoms with Gasteiger partial charge in [-0.1, -0.05) is 43.7 Å². The Balaban J connectivity index is 2.12. The number of carbonyl (C=O) groups is 1. The molecule has 116 valence electrons. The average Bonchev–Trinajstić information content (AvgIpc) is 2.46. The smallest absolute Gasteiger partial charge is 0.227 e. The van der Waals surface area contributed by atoms with Gasteiger partial charge < -0.3 is 10.2 Å². The highest BCUT2D eigenvalue weighted by molar-refractivity contribution is 5.79. The molecule has 21 heavy (non-hydrogen) atoms. The predicted octanol–water partition coefficient (Wildman–Crippen LogP) is 3.23. The Hall–Kier alpha value is -1.35. The van der Waals surface area contributed by atoms with Gasteiger partial charge in [-0.05, 0) is 38.3 Å². The molecule has 3 heteroatoms. The SMILES string of the molecule is CNCC(C)C(=O)N(CC1CCC1)C(C)c1ccccc1. The maximum absolute atomic E-state index is 12.8. The van der Waals surface area contributed by atoms with Crippen molar-refractivity contribution in [2.24, 2.45) is 11.8 Å². The van der Waals surface area contributed by atoms with Gasteiger partial charge in [0.25, 0.3) is 0 Å². The summed E-state index contributed by atoms with van der Waals surface area (Å²) in [4.78, 5) is 14.9. The van der Waals surface area contributed by atoms with Crippen LogP contribution in [0.3, 0.4) is 0 Å². The lowest BCUT2D eigenvalue weighted by atomic mass is 9.84. The maximum Gasteiger partial charge on any atom is 0.227 e. The number of carbonyl (C=O) groups excluding carboxylic acids is 1. The molecule has 0 heterocycles. The van der Waals surface area contributed by atoms with Crippen LogP contribution in [0.1, 0.15) is 44.7 Å². The first-order valence-corrected chi connectivity index (χ1v) is 8.13. The summed E-state index contributed by atoms with van der Waals surface area (Å²) in [6.07, 6.45) is 3.86. The molecule has 0 aromatic heterocycles. The summed E-state index contributed by atoms with van der Waals surface area (Å²) in [6.45, 7) is 5.81. The molecule has 1 aromatic carbocycles. The van der Waals surface area contributed by atoms with Crippen LogP contribution in [0.5, 0.6) is 0 Å². The Morgan fingerprint density at radius 2 is 1.95 bits per heavy atom. The fraction of sp³-hybridized carbons (Fsp3) is 0.611. The van der Waals surface area contributed by atoms with Crippen molar-refractivity contribution in [1.82, 2.24) is 10.2 Å². The molecule has 0 radical (unpaired) electrons. The average molecular weight is 288 g/mol. The third-order valence-electron chi connectivity index (χ3n) is 4.64. The highest BCUT2D eigenvalue weighted by Crippen LogP contribution is 2.31. The van der Waals surface area contributed by atoms with Crippen molar-refractivity contribution in [2.75, 3.05) is 20.1 Å². The summed E-state index contributed by atoms with van der Waals surface area (Å²) < 4.78 is 0. The normalized spacial score (nSPS) is 17.9. The largest absolute Gasteiger partial charge is 0.335 e. The van der Waals surface area contributed by atoms with Crippen molar-refractivity contribution in [3.8, 4) is 0 Å². The van der Waals surface area contributed by atoms with E-state index in [-0.39, 0.29) is 17.9 Å². The standard InChI is InChI=1S/C18H28N2O/c1-14(12-19-3)18(21)20(13-16-8-7-9-16)15(2)17-10-5-4-6-11-17/h4-6,10-11,14-16,19H,7-9,12-13H2,1-3H3. The van der Waals surface area contributed by atoms with E-state index in [1.165, 1.54) is 24.8 Å². The van der Waals surface area contributed by atoms with Crippen molar-refractivity contribution < 1.29 is 4.79 Å². The zero-order chi connectivity index (χ0) is 15.2. The molecule has 1 saturated carbocycles. The van der Waals surface area contributed by atoms with Gasteiger partial charge in [0.2, 0.25) is 5.91 Å². The third kappa shape index (κ3) is 4.07. The molecular formula is C18H28N2O. The van der Waals surface area contributed by atoms with Crippen LogP contribution in [0, 0.1) is 11.8 Å². The van der Waals surface area contributed by atoms with E-state index in [9.17, 15) is 4.79 Å². The van der Waals surface area contributed by atoms with Gasteiger partial charge in [-0.2, -0.15) is 0 Å². The molecule has 1 aromatic rings. The molecule has 2 unspecified atom stereocenters. The van der Waals surface area contributed by atoms with E-state index in [1.54, 1.807) is 0 Å². The molecule has 0 aliphatic heterocycles. The van der Waals surface area contributed by atoms with Gasteiger partial charge in [0, 0.05) is 19.0 Å². The first kappa shape index (κ1) is 16.0. The molecule has 1 aliphatic carbocycles. The molecule has 2 rings (SSSR count). The van der Waals surface area contributed by atoms with E-state index in [2.05, 4.69) is 41.4 Å². The van der Waals surface area contributed by atoms with Crippen molar-refractivity contribution in [3.05, 3.63) is 35.9 Å².